The smallest absolute Gasteiger partial charge is 0.317 e. The quantitative estimate of drug-likeness (QED) is 0.598. The van der Waals surface area contributed by atoms with Crippen LogP contribution in [0, 0.1) is 0 Å². The Balaban J connectivity index is 1.95. The fraction of sp³-hybridized carbons (Fsp3) is 0.889. The van der Waals surface area contributed by atoms with Gasteiger partial charge in [0.1, 0.15) is 0 Å². The van der Waals surface area contributed by atoms with Crippen molar-refractivity contribution in [2.24, 2.45) is 0 Å². The molecule has 1 N–H and O–H groups in total. The Kier molecular flexibility index (Phi) is 2.15. The molecule has 0 aromatic heterocycles. The molecular formula is C9H16N2O2. The lowest BCUT2D eigenvalue weighted by atomic mass is 9.79. The topological polar surface area (TPSA) is 41.6 Å². The Morgan fingerprint density at radius 2 is 2.31 bits per heavy atom. The molecule has 4 nitrogen and oxygen atoms in total. The van der Waals surface area contributed by atoms with Crippen LogP contribution in [0.2, 0.25) is 0 Å². The van der Waals surface area contributed by atoms with Gasteiger partial charge < -0.3 is 15.0 Å². The minimum Gasteiger partial charge on any atom is -0.371 e. The Bertz CT molecular complexity index is 214. The van der Waals surface area contributed by atoms with Gasteiger partial charge in [0.25, 0.3) is 0 Å². The van der Waals surface area contributed by atoms with Gasteiger partial charge in [-0.05, 0) is 19.3 Å². The van der Waals surface area contributed by atoms with Crippen molar-refractivity contribution in [1.29, 1.82) is 0 Å². The summed E-state index contributed by atoms with van der Waals surface area (Å²) >= 11 is 0. The van der Waals surface area contributed by atoms with Crippen LogP contribution in [0.1, 0.15) is 19.3 Å². The Morgan fingerprint density at radius 1 is 1.54 bits per heavy atom. The van der Waals surface area contributed by atoms with Crippen molar-refractivity contribution in [2.75, 3.05) is 26.7 Å². The first-order valence-electron chi connectivity index (χ1n) is 4.86. The largest absolute Gasteiger partial charge is 0.371 e. The molecule has 2 amide bonds. The van der Waals surface area contributed by atoms with Crippen LogP contribution in [0.15, 0.2) is 0 Å². The number of carbonyl (C=O) groups excluding carboxylic acids is 1. The molecule has 2 fully saturated rings. The van der Waals surface area contributed by atoms with Crippen LogP contribution in [0.3, 0.4) is 0 Å². The van der Waals surface area contributed by atoms with Crippen LogP contribution >= 0.6 is 0 Å². The number of nitrogens with one attached hydrogen (secondary N) is 1. The summed E-state index contributed by atoms with van der Waals surface area (Å²) in [6.07, 6.45) is 3.46. The van der Waals surface area contributed by atoms with Crippen LogP contribution in [-0.4, -0.2) is 43.3 Å². The van der Waals surface area contributed by atoms with Crippen LogP contribution in [0.4, 0.5) is 4.79 Å². The molecule has 0 aromatic carbocycles. The molecule has 0 aromatic rings. The lowest BCUT2D eigenvalue weighted by Gasteiger charge is -2.48. The molecular weight excluding hydrogens is 168 g/mol. The van der Waals surface area contributed by atoms with Crippen molar-refractivity contribution in [3.63, 3.8) is 0 Å². The molecule has 4 heteroatoms. The number of nitrogens with zero attached hydrogens (tertiary/aromatic N) is 1. The number of carbonyl (C=O) groups is 1. The SMILES string of the molecule is CNC(=O)N1CCOC2(CCC2)C1. The maximum atomic E-state index is 11.4. The molecule has 1 aliphatic carbocycles. The summed E-state index contributed by atoms with van der Waals surface area (Å²) in [5.74, 6) is 0. The molecule has 0 bridgehead atoms. The van der Waals surface area contributed by atoms with E-state index >= 15 is 0 Å². The highest BCUT2D eigenvalue weighted by Gasteiger charge is 2.42. The van der Waals surface area contributed by atoms with Crippen molar-refractivity contribution < 1.29 is 9.53 Å². The van der Waals surface area contributed by atoms with E-state index in [2.05, 4.69) is 5.32 Å². The molecule has 1 saturated heterocycles. The predicted molar refractivity (Wildman–Crippen MR) is 48.6 cm³/mol. The second-order valence-corrected chi connectivity index (χ2v) is 3.86. The predicted octanol–water partition coefficient (Wildman–Crippen LogP) is 0.581. The summed E-state index contributed by atoms with van der Waals surface area (Å²) in [5.41, 5.74) is 0.0186. The Hall–Kier alpha value is -0.770. The highest BCUT2D eigenvalue weighted by molar-refractivity contribution is 5.74. The van der Waals surface area contributed by atoms with Crippen molar-refractivity contribution in [1.82, 2.24) is 10.2 Å². The maximum absolute atomic E-state index is 11.4. The van der Waals surface area contributed by atoms with E-state index in [-0.39, 0.29) is 11.6 Å². The monoisotopic (exact) mass is 184 g/mol. The van der Waals surface area contributed by atoms with Gasteiger partial charge in [0.2, 0.25) is 0 Å². The molecule has 2 aliphatic rings. The van der Waals surface area contributed by atoms with Gasteiger partial charge in [-0.15, -0.1) is 0 Å². The lowest BCUT2D eigenvalue weighted by molar-refractivity contribution is -0.141. The van der Waals surface area contributed by atoms with Gasteiger partial charge >= 0.3 is 6.03 Å². The summed E-state index contributed by atoms with van der Waals surface area (Å²) in [5, 5.41) is 2.65. The minimum atomic E-state index is 0.0186. The molecule has 74 valence electrons. The number of hydrogen-bond donors (Lipinski definition) is 1. The molecule has 1 spiro atoms. The summed E-state index contributed by atoms with van der Waals surface area (Å²) in [4.78, 5) is 13.2. The average Bonchev–Trinajstić information content (AvgIpc) is 2.14. The Morgan fingerprint density at radius 3 is 2.85 bits per heavy atom. The van der Waals surface area contributed by atoms with E-state index in [1.165, 1.54) is 6.42 Å². The normalized spacial score (nSPS) is 25.5. The van der Waals surface area contributed by atoms with Crippen molar-refractivity contribution in [2.45, 2.75) is 24.9 Å². The zero-order valence-corrected chi connectivity index (χ0v) is 8.01. The van der Waals surface area contributed by atoms with Gasteiger partial charge in [-0.3, -0.25) is 0 Å². The number of hydrogen-bond acceptors (Lipinski definition) is 2. The van der Waals surface area contributed by atoms with E-state index in [0.717, 1.165) is 25.9 Å². The molecule has 2 rings (SSSR count). The first-order chi connectivity index (χ1) is 6.26. The zero-order chi connectivity index (χ0) is 9.31. The fourth-order valence-electron chi connectivity index (χ4n) is 2.05. The van der Waals surface area contributed by atoms with Gasteiger partial charge in [-0.25, -0.2) is 4.79 Å². The Labute approximate surface area is 78.2 Å². The molecule has 0 atom stereocenters. The standard InChI is InChI=1S/C9H16N2O2/c1-10-8(12)11-5-6-13-9(7-11)3-2-4-9/h2-7H2,1H3,(H,10,12). The molecule has 0 radical (unpaired) electrons. The molecule has 1 saturated carbocycles. The second kappa shape index (κ2) is 3.18. The number of rotatable bonds is 0. The van der Waals surface area contributed by atoms with Crippen LogP contribution in [0.25, 0.3) is 0 Å². The highest BCUT2D eigenvalue weighted by Crippen LogP contribution is 2.37. The lowest BCUT2D eigenvalue weighted by Crippen LogP contribution is -2.58. The number of morpholine rings is 1. The molecule has 13 heavy (non-hydrogen) atoms. The van der Waals surface area contributed by atoms with Gasteiger partial charge in [0.05, 0.1) is 18.8 Å². The van der Waals surface area contributed by atoms with E-state index in [4.69, 9.17) is 4.74 Å². The fourth-order valence-corrected chi connectivity index (χ4v) is 2.05. The van der Waals surface area contributed by atoms with Crippen LogP contribution in [-0.2, 0) is 4.74 Å². The van der Waals surface area contributed by atoms with E-state index in [0.29, 0.717) is 6.61 Å². The van der Waals surface area contributed by atoms with Crippen molar-refractivity contribution in [3.05, 3.63) is 0 Å². The third-order valence-corrected chi connectivity index (χ3v) is 3.01. The summed E-state index contributed by atoms with van der Waals surface area (Å²) in [6, 6.07) is 0.0228. The summed E-state index contributed by atoms with van der Waals surface area (Å²) < 4.78 is 5.70. The van der Waals surface area contributed by atoms with E-state index < -0.39 is 0 Å². The minimum absolute atomic E-state index is 0.0186. The summed E-state index contributed by atoms with van der Waals surface area (Å²) in [7, 11) is 1.67. The number of amides is 2. The summed E-state index contributed by atoms with van der Waals surface area (Å²) in [6.45, 7) is 2.18. The van der Waals surface area contributed by atoms with Gasteiger partial charge in [-0.2, -0.15) is 0 Å². The van der Waals surface area contributed by atoms with Crippen molar-refractivity contribution >= 4 is 6.03 Å². The third-order valence-electron chi connectivity index (χ3n) is 3.01. The van der Waals surface area contributed by atoms with E-state index in [1.54, 1.807) is 7.05 Å². The maximum Gasteiger partial charge on any atom is 0.317 e. The van der Waals surface area contributed by atoms with Crippen LogP contribution < -0.4 is 5.32 Å². The highest BCUT2D eigenvalue weighted by atomic mass is 16.5. The number of urea groups is 1. The second-order valence-electron chi connectivity index (χ2n) is 3.86. The zero-order valence-electron chi connectivity index (χ0n) is 8.01. The van der Waals surface area contributed by atoms with E-state index in [1.807, 2.05) is 4.90 Å². The van der Waals surface area contributed by atoms with Crippen LogP contribution in [0.5, 0.6) is 0 Å². The first-order valence-corrected chi connectivity index (χ1v) is 4.86. The van der Waals surface area contributed by atoms with Crippen molar-refractivity contribution in [3.8, 4) is 0 Å². The molecule has 0 unspecified atom stereocenters. The molecule has 1 aliphatic heterocycles. The van der Waals surface area contributed by atoms with E-state index in [9.17, 15) is 4.79 Å². The molecule has 1 heterocycles. The van der Waals surface area contributed by atoms with Gasteiger partial charge in [0, 0.05) is 13.6 Å². The number of ether oxygens (including phenoxy) is 1. The van der Waals surface area contributed by atoms with Gasteiger partial charge in [-0.1, -0.05) is 0 Å². The van der Waals surface area contributed by atoms with Gasteiger partial charge in [0.15, 0.2) is 0 Å². The third kappa shape index (κ3) is 1.50. The first kappa shape index (κ1) is 8.81. The average molecular weight is 184 g/mol.